The van der Waals surface area contributed by atoms with Crippen LogP contribution in [0.5, 0.6) is 5.75 Å². The first kappa shape index (κ1) is 21.5. The monoisotopic (exact) mass is 441 g/mol. The molecule has 0 spiro atoms. The van der Waals surface area contributed by atoms with Crippen LogP contribution < -0.4 is 15.2 Å². The summed E-state index contributed by atoms with van der Waals surface area (Å²) in [5.74, 6) is -0.869. The number of carboxylic acid groups (broad SMARTS) is 1. The van der Waals surface area contributed by atoms with Gasteiger partial charge in [0.05, 0.1) is 18.0 Å². The van der Waals surface area contributed by atoms with Gasteiger partial charge in [-0.25, -0.2) is 0 Å². The number of anilines is 1. The summed E-state index contributed by atoms with van der Waals surface area (Å²) in [4.78, 5) is 37.7. The van der Waals surface area contributed by atoms with Crippen molar-refractivity contribution < 1.29 is 24.2 Å². The van der Waals surface area contributed by atoms with E-state index in [0.717, 1.165) is 23.1 Å². The number of thiocarbonyl (C=S) groups is 1. The van der Waals surface area contributed by atoms with E-state index in [1.165, 1.54) is 29.2 Å². The molecule has 9 heteroatoms. The SMILES string of the molecule is COc1ccc(/C=C2/SC(=O)N(CCC(=O)Nc3ccc(C(=O)[O-])cc3)C2=S)cc1. The van der Waals surface area contributed by atoms with Gasteiger partial charge < -0.3 is 20.0 Å². The highest BCUT2D eigenvalue weighted by molar-refractivity contribution is 8.19. The third-order valence-electron chi connectivity index (χ3n) is 4.25. The Kier molecular flexibility index (Phi) is 6.86. The Balaban J connectivity index is 1.57. The maximum absolute atomic E-state index is 12.3. The van der Waals surface area contributed by atoms with Crippen molar-refractivity contribution in [3.63, 3.8) is 0 Å². The Morgan fingerprint density at radius 2 is 1.83 bits per heavy atom. The zero-order valence-corrected chi connectivity index (χ0v) is 17.5. The molecule has 0 aliphatic carbocycles. The Hall–Kier alpha value is -3.17. The van der Waals surface area contributed by atoms with E-state index in [-0.39, 0.29) is 29.7 Å². The first-order valence-corrected chi connectivity index (χ1v) is 10.1. The van der Waals surface area contributed by atoms with Gasteiger partial charge >= 0.3 is 0 Å². The van der Waals surface area contributed by atoms with Crippen molar-refractivity contribution in [2.24, 2.45) is 0 Å². The quantitative estimate of drug-likeness (QED) is 0.521. The number of ether oxygens (including phenoxy) is 1. The van der Waals surface area contributed by atoms with E-state index >= 15 is 0 Å². The number of thioether (sulfide) groups is 1. The number of carbonyl (C=O) groups excluding carboxylic acids is 3. The number of nitrogens with one attached hydrogen (secondary N) is 1. The minimum atomic E-state index is -1.29. The van der Waals surface area contributed by atoms with Crippen LogP contribution in [0.1, 0.15) is 22.3 Å². The lowest BCUT2D eigenvalue weighted by atomic mass is 10.2. The maximum Gasteiger partial charge on any atom is 0.291 e. The van der Waals surface area contributed by atoms with Crippen LogP contribution in [-0.2, 0) is 4.79 Å². The number of benzene rings is 2. The molecule has 2 aromatic rings. The molecule has 0 aromatic heterocycles. The van der Waals surface area contributed by atoms with Gasteiger partial charge in [0.1, 0.15) is 10.7 Å². The van der Waals surface area contributed by atoms with Gasteiger partial charge in [0, 0.05) is 18.7 Å². The van der Waals surface area contributed by atoms with Gasteiger partial charge in [0.15, 0.2) is 0 Å². The lowest BCUT2D eigenvalue weighted by molar-refractivity contribution is -0.255. The average Bonchev–Trinajstić information content (AvgIpc) is 3.00. The summed E-state index contributed by atoms with van der Waals surface area (Å²) in [5.41, 5.74) is 1.36. The zero-order valence-electron chi connectivity index (χ0n) is 15.9. The molecule has 154 valence electrons. The number of amides is 2. The molecule has 3 rings (SSSR count). The van der Waals surface area contributed by atoms with Gasteiger partial charge in [0.2, 0.25) is 5.91 Å². The van der Waals surface area contributed by atoms with Gasteiger partial charge in [0.25, 0.3) is 5.24 Å². The summed E-state index contributed by atoms with van der Waals surface area (Å²) in [6, 6.07) is 13.0. The second-order valence-electron chi connectivity index (χ2n) is 6.27. The molecule has 7 nitrogen and oxygen atoms in total. The van der Waals surface area contributed by atoms with Crippen LogP contribution in [-0.4, -0.2) is 40.7 Å². The second kappa shape index (κ2) is 9.55. The zero-order chi connectivity index (χ0) is 21.7. The smallest absolute Gasteiger partial charge is 0.291 e. The van der Waals surface area contributed by atoms with Crippen LogP contribution in [0.4, 0.5) is 10.5 Å². The number of hydrogen-bond donors (Lipinski definition) is 1. The van der Waals surface area contributed by atoms with E-state index < -0.39 is 5.97 Å². The molecule has 1 aliphatic heterocycles. The van der Waals surface area contributed by atoms with Crippen LogP contribution >= 0.6 is 24.0 Å². The Labute approximate surface area is 182 Å². The molecule has 30 heavy (non-hydrogen) atoms. The van der Waals surface area contributed by atoms with Crippen LogP contribution in [0.25, 0.3) is 6.08 Å². The van der Waals surface area contributed by atoms with E-state index in [1.54, 1.807) is 7.11 Å². The summed E-state index contributed by atoms with van der Waals surface area (Å²) in [6.07, 6.45) is 1.87. The number of nitrogens with zero attached hydrogens (tertiary/aromatic N) is 1. The molecule has 2 aromatic carbocycles. The van der Waals surface area contributed by atoms with E-state index in [4.69, 9.17) is 17.0 Å². The summed E-state index contributed by atoms with van der Waals surface area (Å²) in [6.45, 7) is 0.146. The molecule has 1 aliphatic rings. The summed E-state index contributed by atoms with van der Waals surface area (Å²) < 4.78 is 5.13. The Morgan fingerprint density at radius 1 is 1.17 bits per heavy atom. The molecule has 1 N–H and O–H groups in total. The first-order chi connectivity index (χ1) is 14.4. The minimum absolute atomic E-state index is 0.0224. The summed E-state index contributed by atoms with van der Waals surface area (Å²) >= 11 is 6.43. The summed E-state index contributed by atoms with van der Waals surface area (Å²) in [7, 11) is 1.59. The average molecular weight is 442 g/mol. The van der Waals surface area contributed by atoms with Gasteiger partial charge in [-0.2, -0.15) is 0 Å². The third-order valence-corrected chi connectivity index (χ3v) is 5.75. The number of rotatable bonds is 7. The Bertz CT molecular complexity index is 1020. The number of carbonyl (C=O) groups is 3. The van der Waals surface area contributed by atoms with Crippen molar-refractivity contribution >= 4 is 57.8 Å². The number of carboxylic acids is 1. The van der Waals surface area contributed by atoms with Crippen molar-refractivity contribution in [2.75, 3.05) is 19.0 Å². The third kappa shape index (κ3) is 5.25. The lowest BCUT2D eigenvalue weighted by Crippen LogP contribution is -2.30. The number of aromatic carboxylic acids is 1. The molecule has 1 fully saturated rings. The summed E-state index contributed by atoms with van der Waals surface area (Å²) in [5, 5.41) is 13.2. The molecule has 0 atom stereocenters. The normalized spacial score (nSPS) is 14.8. The van der Waals surface area contributed by atoms with Crippen LogP contribution in [0.15, 0.2) is 53.4 Å². The van der Waals surface area contributed by atoms with Gasteiger partial charge in [-0.1, -0.05) is 36.5 Å². The molecule has 0 unspecified atom stereocenters. The van der Waals surface area contributed by atoms with Crippen molar-refractivity contribution in [3.8, 4) is 5.75 Å². The van der Waals surface area contributed by atoms with Crippen molar-refractivity contribution in [1.82, 2.24) is 4.90 Å². The van der Waals surface area contributed by atoms with E-state index in [2.05, 4.69) is 5.32 Å². The Morgan fingerprint density at radius 3 is 2.43 bits per heavy atom. The number of hydrogen-bond acceptors (Lipinski definition) is 7. The van der Waals surface area contributed by atoms with Gasteiger partial charge in [-0.05, 0) is 53.2 Å². The van der Waals surface area contributed by atoms with E-state index in [1.807, 2.05) is 30.3 Å². The molecule has 0 saturated carbocycles. The van der Waals surface area contributed by atoms with Crippen molar-refractivity contribution in [2.45, 2.75) is 6.42 Å². The molecular weight excluding hydrogens is 424 g/mol. The fraction of sp³-hybridized carbons (Fsp3) is 0.143. The van der Waals surface area contributed by atoms with E-state index in [0.29, 0.717) is 15.6 Å². The van der Waals surface area contributed by atoms with Crippen molar-refractivity contribution in [1.29, 1.82) is 0 Å². The fourth-order valence-corrected chi connectivity index (χ4v) is 3.96. The molecule has 1 saturated heterocycles. The number of methoxy groups -OCH3 is 1. The van der Waals surface area contributed by atoms with Crippen LogP contribution in [0, 0.1) is 0 Å². The first-order valence-electron chi connectivity index (χ1n) is 8.88. The lowest BCUT2D eigenvalue weighted by Gasteiger charge is -2.14. The topological polar surface area (TPSA) is 98.8 Å². The highest BCUT2D eigenvalue weighted by atomic mass is 32.2. The largest absolute Gasteiger partial charge is 0.545 e. The predicted octanol–water partition coefficient (Wildman–Crippen LogP) is 2.92. The molecule has 2 amide bonds. The standard InChI is InChI=1S/C21H18N2O5S2/c1-28-16-8-2-13(3-9-16)12-17-19(29)23(21(27)30-17)11-10-18(24)22-15-6-4-14(5-7-15)20(25)26/h2-9,12H,10-11H2,1H3,(H,22,24)(H,25,26)/p-1/b17-12+. The van der Waals surface area contributed by atoms with Gasteiger partial charge in [-0.3, -0.25) is 14.5 Å². The molecule has 0 bridgehead atoms. The predicted molar refractivity (Wildman–Crippen MR) is 117 cm³/mol. The second-order valence-corrected chi connectivity index (χ2v) is 7.65. The molecule has 1 heterocycles. The molecular formula is C21H17N2O5S2-. The van der Waals surface area contributed by atoms with Crippen molar-refractivity contribution in [3.05, 3.63) is 64.6 Å². The van der Waals surface area contributed by atoms with Crippen LogP contribution in [0.2, 0.25) is 0 Å². The minimum Gasteiger partial charge on any atom is -0.545 e. The molecule has 0 radical (unpaired) electrons. The maximum atomic E-state index is 12.3. The van der Waals surface area contributed by atoms with Gasteiger partial charge in [-0.15, -0.1) is 0 Å². The highest BCUT2D eigenvalue weighted by Gasteiger charge is 2.31. The highest BCUT2D eigenvalue weighted by Crippen LogP contribution is 2.33. The van der Waals surface area contributed by atoms with Crippen LogP contribution in [0.3, 0.4) is 0 Å². The van der Waals surface area contributed by atoms with E-state index in [9.17, 15) is 19.5 Å². The fourth-order valence-electron chi connectivity index (χ4n) is 2.67.